The second-order valence-electron chi connectivity index (χ2n) is 4.93. The predicted octanol–water partition coefficient (Wildman–Crippen LogP) is 6.67. The van der Waals surface area contributed by atoms with Crippen LogP contribution in [-0.2, 0) is 0 Å². The van der Waals surface area contributed by atoms with Crippen molar-refractivity contribution in [1.82, 2.24) is 0 Å². The molecule has 0 aliphatic carbocycles. The third kappa shape index (κ3) is 1.79. The van der Waals surface area contributed by atoms with E-state index in [1.807, 2.05) is 0 Å². The van der Waals surface area contributed by atoms with Gasteiger partial charge in [-0.1, -0.05) is 68.3 Å². The summed E-state index contributed by atoms with van der Waals surface area (Å²) in [5, 5.41) is 7.64. The SMILES string of the molecule is Brc1cccc2cc3c(ccc4c(Br)cccc43)cc12. The fourth-order valence-corrected chi connectivity index (χ4v) is 3.78. The normalized spacial score (nSPS) is 11.5. The zero-order valence-corrected chi connectivity index (χ0v) is 13.7. The number of benzene rings is 4. The summed E-state index contributed by atoms with van der Waals surface area (Å²) in [5.41, 5.74) is 0. The minimum absolute atomic E-state index is 1.14. The van der Waals surface area contributed by atoms with Gasteiger partial charge in [-0.15, -0.1) is 0 Å². The standard InChI is InChI=1S/C18H10Br2/c19-17-6-2-4-13-14(17)8-7-12-10-16-11(9-15(12)13)3-1-5-18(16)20/h1-10H. The maximum absolute atomic E-state index is 3.64. The first-order valence-electron chi connectivity index (χ1n) is 6.43. The van der Waals surface area contributed by atoms with E-state index in [0.29, 0.717) is 0 Å². The van der Waals surface area contributed by atoms with Gasteiger partial charge >= 0.3 is 0 Å². The second kappa shape index (κ2) is 4.57. The van der Waals surface area contributed by atoms with Gasteiger partial charge in [0.15, 0.2) is 0 Å². The van der Waals surface area contributed by atoms with Gasteiger partial charge in [0.1, 0.15) is 0 Å². The summed E-state index contributed by atoms with van der Waals surface area (Å²) in [6.07, 6.45) is 0. The molecule has 0 aliphatic rings. The van der Waals surface area contributed by atoms with Gasteiger partial charge in [0.05, 0.1) is 0 Å². The van der Waals surface area contributed by atoms with Crippen LogP contribution in [0.25, 0.3) is 32.3 Å². The van der Waals surface area contributed by atoms with Gasteiger partial charge in [-0.3, -0.25) is 0 Å². The van der Waals surface area contributed by atoms with Crippen LogP contribution in [0.4, 0.5) is 0 Å². The van der Waals surface area contributed by atoms with Gasteiger partial charge in [-0.2, -0.15) is 0 Å². The van der Waals surface area contributed by atoms with E-state index in [1.165, 1.54) is 32.3 Å². The van der Waals surface area contributed by atoms with Crippen molar-refractivity contribution in [2.24, 2.45) is 0 Å². The number of fused-ring (bicyclic) bond motifs is 4. The van der Waals surface area contributed by atoms with Crippen LogP contribution in [0.3, 0.4) is 0 Å². The van der Waals surface area contributed by atoms with Gasteiger partial charge in [-0.05, 0) is 56.6 Å². The molecule has 0 radical (unpaired) electrons. The zero-order chi connectivity index (χ0) is 13.7. The molecule has 2 heteroatoms. The Kier molecular flexibility index (Phi) is 2.83. The Morgan fingerprint density at radius 2 is 1.15 bits per heavy atom. The Morgan fingerprint density at radius 1 is 0.500 bits per heavy atom. The monoisotopic (exact) mass is 384 g/mol. The Balaban J connectivity index is 2.25. The Bertz CT molecular complexity index is 959. The number of rotatable bonds is 0. The van der Waals surface area contributed by atoms with Crippen LogP contribution in [0, 0.1) is 0 Å². The molecule has 4 rings (SSSR count). The van der Waals surface area contributed by atoms with Gasteiger partial charge in [0, 0.05) is 8.95 Å². The molecule has 0 bridgehead atoms. The van der Waals surface area contributed by atoms with Gasteiger partial charge in [0.2, 0.25) is 0 Å². The highest BCUT2D eigenvalue weighted by atomic mass is 79.9. The maximum Gasteiger partial charge on any atom is 0.0253 e. The molecular formula is C18H10Br2. The first-order chi connectivity index (χ1) is 9.74. The average Bonchev–Trinajstić information content (AvgIpc) is 2.46. The lowest BCUT2D eigenvalue weighted by Crippen LogP contribution is -1.81. The lowest BCUT2D eigenvalue weighted by Gasteiger charge is -2.08. The highest BCUT2D eigenvalue weighted by Crippen LogP contribution is 2.34. The van der Waals surface area contributed by atoms with Gasteiger partial charge in [-0.25, -0.2) is 0 Å². The second-order valence-corrected chi connectivity index (χ2v) is 6.64. The molecule has 4 aromatic carbocycles. The molecule has 0 heterocycles. The Morgan fingerprint density at radius 3 is 2.00 bits per heavy atom. The molecule has 0 spiro atoms. The lowest BCUT2D eigenvalue weighted by atomic mass is 9.98. The first kappa shape index (κ1) is 12.4. The van der Waals surface area contributed by atoms with E-state index in [9.17, 15) is 0 Å². The number of hydrogen-bond acceptors (Lipinski definition) is 0. The van der Waals surface area contributed by atoms with Crippen LogP contribution in [0.15, 0.2) is 69.6 Å². The van der Waals surface area contributed by atoms with Gasteiger partial charge < -0.3 is 0 Å². The Hall–Kier alpha value is -1.38. The first-order valence-corrected chi connectivity index (χ1v) is 8.02. The number of hydrogen-bond donors (Lipinski definition) is 0. The van der Waals surface area contributed by atoms with Crippen LogP contribution in [0.5, 0.6) is 0 Å². The van der Waals surface area contributed by atoms with Gasteiger partial charge in [0.25, 0.3) is 0 Å². The van der Waals surface area contributed by atoms with Crippen LogP contribution in [0.1, 0.15) is 0 Å². The molecule has 0 aliphatic heterocycles. The summed E-state index contributed by atoms with van der Waals surface area (Å²) in [7, 11) is 0. The van der Waals surface area contributed by atoms with Crippen molar-refractivity contribution in [2.45, 2.75) is 0 Å². The highest BCUT2D eigenvalue weighted by Gasteiger charge is 2.06. The van der Waals surface area contributed by atoms with Crippen molar-refractivity contribution in [3.05, 3.63) is 69.6 Å². The van der Waals surface area contributed by atoms with Crippen molar-refractivity contribution in [1.29, 1.82) is 0 Å². The quantitative estimate of drug-likeness (QED) is 0.234. The lowest BCUT2D eigenvalue weighted by molar-refractivity contribution is 1.72. The van der Waals surface area contributed by atoms with Crippen LogP contribution >= 0.6 is 31.9 Å². The summed E-state index contributed by atoms with van der Waals surface area (Å²) >= 11 is 7.27. The average molecular weight is 386 g/mol. The summed E-state index contributed by atoms with van der Waals surface area (Å²) in [4.78, 5) is 0. The summed E-state index contributed by atoms with van der Waals surface area (Å²) in [6.45, 7) is 0. The fourth-order valence-electron chi connectivity index (χ4n) is 2.79. The third-order valence-corrected chi connectivity index (χ3v) is 5.15. The predicted molar refractivity (Wildman–Crippen MR) is 94.4 cm³/mol. The molecule has 20 heavy (non-hydrogen) atoms. The molecule has 0 aromatic heterocycles. The summed E-state index contributed by atoms with van der Waals surface area (Å²) in [5.74, 6) is 0. The van der Waals surface area contributed by atoms with E-state index < -0.39 is 0 Å². The zero-order valence-electron chi connectivity index (χ0n) is 10.5. The molecule has 0 atom stereocenters. The van der Waals surface area contributed by atoms with E-state index in [2.05, 4.69) is 92.5 Å². The van der Waals surface area contributed by atoms with E-state index >= 15 is 0 Å². The van der Waals surface area contributed by atoms with E-state index in [-0.39, 0.29) is 0 Å². The summed E-state index contributed by atoms with van der Waals surface area (Å²) < 4.78 is 2.29. The van der Waals surface area contributed by atoms with Crippen molar-refractivity contribution < 1.29 is 0 Å². The fraction of sp³-hybridized carbons (Fsp3) is 0. The third-order valence-electron chi connectivity index (χ3n) is 3.77. The van der Waals surface area contributed by atoms with Crippen LogP contribution in [0.2, 0.25) is 0 Å². The maximum atomic E-state index is 3.64. The van der Waals surface area contributed by atoms with Crippen molar-refractivity contribution in [2.75, 3.05) is 0 Å². The highest BCUT2D eigenvalue weighted by molar-refractivity contribution is 9.11. The summed E-state index contributed by atoms with van der Waals surface area (Å²) in [6, 6.07) is 21.6. The molecule has 0 saturated carbocycles. The molecule has 0 unspecified atom stereocenters. The largest absolute Gasteiger partial charge is 0.0605 e. The van der Waals surface area contributed by atoms with E-state index in [1.54, 1.807) is 0 Å². The molecule has 0 fully saturated rings. The topological polar surface area (TPSA) is 0 Å². The molecule has 0 saturated heterocycles. The molecule has 0 amide bonds. The molecule has 96 valence electrons. The van der Waals surface area contributed by atoms with Crippen LogP contribution in [-0.4, -0.2) is 0 Å². The molecular weight excluding hydrogens is 376 g/mol. The molecule has 4 aromatic rings. The van der Waals surface area contributed by atoms with E-state index in [4.69, 9.17) is 0 Å². The minimum atomic E-state index is 1.14. The van der Waals surface area contributed by atoms with Crippen molar-refractivity contribution >= 4 is 64.2 Å². The smallest absolute Gasteiger partial charge is 0.0253 e. The number of halogens is 2. The van der Waals surface area contributed by atoms with Crippen LogP contribution < -0.4 is 0 Å². The van der Waals surface area contributed by atoms with Crippen molar-refractivity contribution in [3.63, 3.8) is 0 Å². The Labute approximate surface area is 133 Å². The molecule has 0 N–H and O–H groups in total. The molecule has 0 nitrogen and oxygen atoms in total. The minimum Gasteiger partial charge on any atom is -0.0605 e. The van der Waals surface area contributed by atoms with E-state index in [0.717, 1.165) is 8.95 Å². The van der Waals surface area contributed by atoms with Crippen molar-refractivity contribution in [3.8, 4) is 0 Å².